The molecule has 0 fully saturated rings. The number of esters is 1. The normalized spacial score (nSPS) is 11.1. The van der Waals surface area contributed by atoms with Gasteiger partial charge in [0, 0.05) is 0 Å². The quantitative estimate of drug-likeness (QED) is 0.535. The van der Waals surface area contributed by atoms with Gasteiger partial charge in [-0.3, -0.25) is 4.55 Å². The van der Waals surface area contributed by atoms with Crippen LogP contribution in [0.4, 0.5) is 0 Å². The molecule has 2 aromatic rings. The summed E-state index contributed by atoms with van der Waals surface area (Å²) in [5.41, 5.74) is 0.292. The highest BCUT2D eigenvalue weighted by Gasteiger charge is 2.19. The van der Waals surface area contributed by atoms with Crippen molar-refractivity contribution in [2.45, 2.75) is 4.90 Å². The van der Waals surface area contributed by atoms with Crippen LogP contribution in [0, 0.1) is 0 Å². The van der Waals surface area contributed by atoms with Crippen LogP contribution in [-0.4, -0.2) is 18.9 Å². The second-order valence-electron chi connectivity index (χ2n) is 3.80. The first-order valence-electron chi connectivity index (χ1n) is 5.43. The summed E-state index contributed by atoms with van der Waals surface area (Å²) in [6.45, 7) is 0. The topological polar surface area (TPSA) is 80.7 Å². The van der Waals surface area contributed by atoms with E-state index in [1.54, 1.807) is 30.3 Å². The molecule has 5 nitrogen and oxygen atoms in total. The van der Waals surface area contributed by atoms with Crippen molar-refractivity contribution in [1.29, 1.82) is 0 Å². The fourth-order valence-electron chi connectivity index (χ4n) is 1.50. The van der Waals surface area contributed by atoms with E-state index in [4.69, 9.17) is 20.9 Å². The summed E-state index contributed by atoms with van der Waals surface area (Å²) in [6.07, 6.45) is 0. The molecule has 0 amide bonds. The molecule has 0 unspecified atom stereocenters. The van der Waals surface area contributed by atoms with Gasteiger partial charge in [-0.15, -0.1) is 0 Å². The van der Waals surface area contributed by atoms with Crippen LogP contribution in [0.5, 0.6) is 5.75 Å². The van der Waals surface area contributed by atoms with Crippen molar-refractivity contribution in [2.75, 3.05) is 0 Å². The molecule has 0 spiro atoms. The molecule has 0 aliphatic carbocycles. The fraction of sp³-hybridized carbons (Fsp3) is 0. The minimum atomic E-state index is -4.48. The molecule has 0 aliphatic rings. The molecule has 7 heteroatoms. The van der Waals surface area contributed by atoms with Crippen LogP contribution in [0.25, 0.3) is 0 Å². The van der Waals surface area contributed by atoms with Gasteiger partial charge in [0.2, 0.25) is 0 Å². The maximum atomic E-state index is 11.8. The van der Waals surface area contributed by atoms with Crippen LogP contribution in [0.1, 0.15) is 10.4 Å². The number of ether oxygens (including phenoxy) is 1. The molecule has 0 aliphatic heterocycles. The molecule has 104 valence electrons. The Morgan fingerprint density at radius 1 is 1.05 bits per heavy atom. The molecule has 2 aromatic carbocycles. The van der Waals surface area contributed by atoms with Crippen LogP contribution in [0.2, 0.25) is 5.02 Å². The third-order valence-corrected chi connectivity index (χ3v) is 3.82. The highest BCUT2D eigenvalue weighted by molar-refractivity contribution is 7.86. The summed E-state index contributed by atoms with van der Waals surface area (Å²) in [7, 11) is -4.48. The molecule has 0 heterocycles. The second-order valence-corrected chi connectivity index (χ2v) is 5.57. The van der Waals surface area contributed by atoms with Crippen molar-refractivity contribution in [3.63, 3.8) is 0 Å². The Labute approximate surface area is 120 Å². The minimum Gasteiger partial charge on any atom is -0.421 e. The molecular formula is C13H9ClO5S. The van der Waals surface area contributed by atoms with Gasteiger partial charge in [-0.1, -0.05) is 35.9 Å². The number of hydrogen-bond donors (Lipinski definition) is 1. The lowest BCUT2D eigenvalue weighted by atomic mass is 10.2. The van der Waals surface area contributed by atoms with Gasteiger partial charge in [0.05, 0.1) is 5.56 Å². The number of halogens is 1. The largest absolute Gasteiger partial charge is 0.421 e. The molecular weight excluding hydrogens is 304 g/mol. The van der Waals surface area contributed by atoms with Crippen LogP contribution in [0.3, 0.4) is 0 Å². The van der Waals surface area contributed by atoms with Crippen molar-refractivity contribution in [1.82, 2.24) is 0 Å². The van der Waals surface area contributed by atoms with Gasteiger partial charge in [-0.25, -0.2) is 4.79 Å². The number of carbonyl (C=O) groups excluding carboxylic acids is 1. The molecule has 0 saturated heterocycles. The Bertz CT molecular complexity index is 741. The lowest BCUT2D eigenvalue weighted by molar-refractivity contribution is 0.0734. The van der Waals surface area contributed by atoms with Crippen LogP contribution in [0.15, 0.2) is 53.4 Å². The number of rotatable bonds is 3. The second kappa shape index (κ2) is 5.62. The minimum absolute atomic E-state index is 0.143. The van der Waals surface area contributed by atoms with E-state index < -0.39 is 21.0 Å². The Morgan fingerprint density at radius 2 is 1.70 bits per heavy atom. The Kier molecular flexibility index (Phi) is 4.08. The van der Waals surface area contributed by atoms with Crippen molar-refractivity contribution in [3.8, 4) is 5.75 Å². The maximum absolute atomic E-state index is 11.8. The standard InChI is InChI=1S/C13H9ClO5S/c14-12-10(7-4-8-11(12)20(16,17)18)19-13(15)9-5-2-1-3-6-9/h1-8H,(H,16,17,18). The summed E-state index contributed by atoms with van der Waals surface area (Å²) in [6, 6.07) is 11.9. The molecule has 0 radical (unpaired) electrons. The van der Waals surface area contributed by atoms with Gasteiger partial charge in [-0.2, -0.15) is 8.42 Å². The predicted molar refractivity (Wildman–Crippen MR) is 72.7 cm³/mol. The van der Waals surface area contributed by atoms with Gasteiger partial charge < -0.3 is 4.74 Å². The molecule has 1 N–H and O–H groups in total. The average molecular weight is 313 g/mol. The third kappa shape index (κ3) is 3.16. The lowest BCUT2D eigenvalue weighted by Crippen LogP contribution is -2.09. The van der Waals surface area contributed by atoms with Crippen molar-refractivity contribution in [2.24, 2.45) is 0 Å². The average Bonchev–Trinajstić information content (AvgIpc) is 2.40. The van der Waals surface area contributed by atoms with Gasteiger partial charge in [0.1, 0.15) is 9.92 Å². The third-order valence-electron chi connectivity index (χ3n) is 2.42. The van der Waals surface area contributed by atoms with Crippen molar-refractivity contribution in [3.05, 3.63) is 59.1 Å². The first-order valence-corrected chi connectivity index (χ1v) is 7.24. The van der Waals surface area contributed by atoms with Gasteiger partial charge in [0.15, 0.2) is 5.75 Å². The first-order chi connectivity index (χ1) is 9.39. The van der Waals surface area contributed by atoms with Crippen LogP contribution in [-0.2, 0) is 10.1 Å². The highest BCUT2D eigenvalue weighted by atomic mass is 35.5. The molecule has 0 aromatic heterocycles. The monoisotopic (exact) mass is 312 g/mol. The fourth-order valence-corrected chi connectivity index (χ4v) is 2.54. The molecule has 0 bridgehead atoms. The molecule has 2 rings (SSSR count). The zero-order valence-corrected chi connectivity index (χ0v) is 11.6. The Hall–Kier alpha value is -1.89. The van der Waals surface area contributed by atoms with Crippen LogP contribution < -0.4 is 4.74 Å². The number of benzene rings is 2. The SMILES string of the molecule is O=C(Oc1cccc(S(=O)(=O)O)c1Cl)c1ccccc1. The van der Waals surface area contributed by atoms with E-state index >= 15 is 0 Å². The smallest absolute Gasteiger partial charge is 0.343 e. The number of hydrogen-bond acceptors (Lipinski definition) is 4. The van der Waals surface area contributed by atoms with Crippen LogP contribution >= 0.6 is 11.6 Å². The number of carbonyl (C=O) groups is 1. The molecule has 0 atom stereocenters. The lowest BCUT2D eigenvalue weighted by Gasteiger charge is -2.08. The van der Waals surface area contributed by atoms with E-state index in [0.717, 1.165) is 6.07 Å². The Balaban J connectivity index is 2.34. The summed E-state index contributed by atoms with van der Waals surface area (Å²) >= 11 is 5.81. The summed E-state index contributed by atoms with van der Waals surface area (Å²) in [5, 5.41) is -0.348. The van der Waals surface area contributed by atoms with E-state index in [9.17, 15) is 13.2 Å². The van der Waals surface area contributed by atoms with E-state index in [1.807, 2.05) is 0 Å². The van der Waals surface area contributed by atoms with E-state index in [-0.39, 0.29) is 10.8 Å². The summed E-state index contributed by atoms with van der Waals surface area (Å²) in [4.78, 5) is 11.3. The van der Waals surface area contributed by atoms with E-state index in [0.29, 0.717) is 5.56 Å². The van der Waals surface area contributed by atoms with Gasteiger partial charge in [-0.05, 0) is 24.3 Å². The summed E-state index contributed by atoms with van der Waals surface area (Å²) in [5.74, 6) is -0.823. The van der Waals surface area contributed by atoms with E-state index in [1.165, 1.54) is 12.1 Å². The zero-order chi connectivity index (χ0) is 14.8. The molecule has 0 saturated carbocycles. The van der Waals surface area contributed by atoms with Gasteiger partial charge in [0.25, 0.3) is 10.1 Å². The summed E-state index contributed by atoms with van der Waals surface area (Å²) < 4.78 is 36.2. The first kappa shape index (κ1) is 14.5. The van der Waals surface area contributed by atoms with E-state index in [2.05, 4.69) is 0 Å². The Morgan fingerprint density at radius 3 is 2.30 bits per heavy atom. The van der Waals surface area contributed by atoms with Gasteiger partial charge >= 0.3 is 5.97 Å². The zero-order valence-electron chi connectivity index (χ0n) is 9.99. The predicted octanol–water partition coefficient (Wildman–Crippen LogP) is 2.81. The maximum Gasteiger partial charge on any atom is 0.343 e. The highest BCUT2D eigenvalue weighted by Crippen LogP contribution is 2.31. The molecule has 20 heavy (non-hydrogen) atoms. The van der Waals surface area contributed by atoms with Crippen molar-refractivity contribution >= 4 is 27.7 Å². The van der Waals surface area contributed by atoms with Crippen molar-refractivity contribution < 1.29 is 22.5 Å².